The Morgan fingerprint density at radius 2 is 1.82 bits per heavy atom. The second-order valence-corrected chi connectivity index (χ2v) is 5.31. The summed E-state index contributed by atoms with van der Waals surface area (Å²) in [6, 6.07) is 0. The van der Waals surface area contributed by atoms with Crippen LogP contribution in [0, 0.1) is 0 Å². The molecular weight excluding hydrogens is 274 g/mol. The lowest BCUT2D eigenvalue weighted by Crippen LogP contribution is -2.03. The first-order valence-corrected chi connectivity index (χ1v) is 7.71. The fourth-order valence-corrected chi connectivity index (χ4v) is 1.74. The highest BCUT2D eigenvalue weighted by molar-refractivity contribution is 5.77. The molecule has 22 heavy (non-hydrogen) atoms. The minimum Gasteiger partial charge on any atom is -0.464 e. The van der Waals surface area contributed by atoms with E-state index in [1.165, 1.54) is 12.5 Å². The van der Waals surface area contributed by atoms with Crippen LogP contribution in [0.4, 0.5) is 0 Å². The molecule has 0 aromatic carbocycles. The maximum absolute atomic E-state index is 10.6. The van der Waals surface area contributed by atoms with E-state index in [0.717, 1.165) is 36.8 Å². The fourth-order valence-electron chi connectivity index (χ4n) is 1.74. The molecule has 0 unspecified atom stereocenters. The van der Waals surface area contributed by atoms with Gasteiger partial charge < -0.3 is 4.74 Å². The molecule has 0 atom stereocenters. The lowest BCUT2D eigenvalue weighted by atomic mass is 10.1. The van der Waals surface area contributed by atoms with Gasteiger partial charge in [0.15, 0.2) is 0 Å². The largest absolute Gasteiger partial charge is 0.464 e. The molecule has 0 aromatic rings. The van der Waals surface area contributed by atoms with Crippen molar-refractivity contribution in [3.63, 3.8) is 0 Å². The van der Waals surface area contributed by atoms with Gasteiger partial charge in [-0.05, 0) is 45.1 Å². The average molecular weight is 303 g/mol. The van der Waals surface area contributed by atoms with Crippen LogP contribution in [0.1, 0.15) is 46.5 Å². The van der Waals surface area contributed by atoms with Crippen molar-refractivity contribution < 1.29 is 9.53 Å². The van der Waals surface area contributed by atoms with Gasteiger partial charge in [-0.2, -0.15) is 0 Å². The fraction of sp³-hybridized carbons (Fsp3) is 0.474. The van der Waals surface area contributed by atoms with Crippen molar-refractivity contribution in [3.8, 4) is 0 Å². The molecule has 0 aliphatic heterocycles. The number of carbonyl (C=O) groups is 1. The third kappa shape index (κ3) is 13.1. The Morgan fingerprint density at radius 1 is 1.14 bits per heavy atom. The first-order valence-electron chi connectivity index (χ1n) is 7.71. The molecule has 122 valence electrons. The first-order chi connectivity index (χ1) is 10.5. The van der Waals surface area contributed by atoms with Gasteiger partial charge in [-0.25, -0.2) is 0 Å². The van der Waals surface area contributed by atoms with E-state index in [4.69, 9.17) is 4.74 Å². The molecule has 0 saturated heterocycles. The molecule has 0 aliphatic rings. The molecule has 0 aliphatic carbocycles. The van der Waals surface area contributed by atoms with Crippen molar-refractivity contribution >= 4 is 12.2 Å². The highest BCUT2D eigenvalue weighted by atomic mass is 16.5. The summed E-state index contributed by atoms with van der Waals surface area (Å²) in [7, 11) is 0. The summed E-state index contributed by atoms with van der Waals surface area (Å²) in [5, 5.41) is 0. The van der Waals surface area contributed by atoms with E-state index in [0.29, 0.717) is 13.2 Å². The summed E-state index contributed by atoms with van der Waals surface area (Å²) < 4.78 is 4.81. The molecule has 0 bridgehead atoms. The summed E-state index contributed by atoms with van der Waals surface area (Å²) in [6.07, 6.45) is 12.2. The van der Waals surface area contributed by atoms with Crippen LogP contribution in [-0.4, -0.2) is 25.3 Å². The van der Waals surface area contributed by atoms with Crippen LogP contribution in [0.2, 0.25) is 0 Å². The van der Waals surface area contributed by atoms with Crippen molar-refractivity contribution in [2.45, 2.75) is 46.5 Å². The normalized spacial score (nSPS) is 12.5. The Balaban J connectivity index is 3.91. The number of allylic oxidation sites excluding steroid dienone is 6. The molecular formula is C19H29NO2. The van der Waals surface area contributed by atoms with Crippen LogP contribution in [0.25, 0.3) is 0 Å². The predicted molar refractivity (Wildman–Crippen MR) is 95.3 cm³/mol. The second kappa shape index (κ2) is 12.8. The van der Waals surface area contributed by atoms with Crippen LogP contribution in [0.15, 0.2) is 53.1 Å². The Hall–Kier alpha value is -1.90. The Labute approximate surface area is 135 Å². The van der Waals surface area contributed by atoms with Gasteiger partial charge in [0.05, 0.1) is 6.54 Å². The van der Waals surface area contributed by atoms with Crippen molar-refractivity contribution in [2.24, 2.45) is 4.99 Å². The van der Waals surface area contributed by atoms with Crippen LogP contribution in [0.5, 0.6) is 0 Å². The number of esters is 1. The zero-order valence-electron chi connectivity index (χ0n) is 14.2. The van der Waals surface area contributed by atoms with E-state index in [9.17, 15) is 4.79 Å². The van der Waals surface area contributed by atoms with Crippen LogP contribution >= 0.6 is 0 Å². The van der Waals surface area contributed by atoms with Gasteiger partial charge in [0.25, 0.3) is 0 Å². The van der Waals surface area contributed by atoms with Crippen molar-refractivity contribution in [1.29, 1.82) is 0 Å². The van der Waals surface area contributed by atoms with E-state index in [1.807, 2.05) is 19.2 Å². The van der Waals surface area contributed by atoms with Crippen LogP contribution in [0.3, 0.4) is 0 Å². The summed E-state index contributed by atoms with van der Waals surface area (Å²) in [5.74, 6) is -0.263. The van der Waals surface area contributed by atoms with Crippen molar-refractivity contribution in [1.82, 2.24) is 0 Å². The second-order valence-electron chi connectivity index (χ2n) is 5.31. The van der Waals surface area contributed by atoms with Gasteiger partial charge in [0.2, 0.25) is 0 Å². The van der Waals surface area contributed by atoms with E-state index in [-0.39, 0.29) is 5.97 Å². The van der Waals surface area contributed by atoms with E-state index in [2.05, 4.69) is 37.2 Å². The maximum atomic E-state index is 10.6. The quantitative estimate of drug-likeness (QED) is 0.180. The van der Waals surface area contributed by atoms with Crippen LogP contribution < -0.4 is 0 Å². The van der Waals surface area contributed by atoms with Gasteiger partial charge in [0.1, 0.15) is 6.61 Å². The molecule has 3 heteroatoms. The van der Waals surface area contributed by atoms with Crippen molar-refractivity contribution in [2.75, 3.05) is 13.2 Å². The van der Waals surface area contributed by atoms with E-state index < -0.39 is 0 Å². The third-order valence-electron chi connectivity index (χ3n) is 3.07. The van der Waals surface area contributed by atoms with Crippen molar-refractivity contribution in [3.05, 3.63) is 48.1 Å². The lowest BCUT2D eigenvalue weighted by Gasteiger charge is -2.00. The zero-order chi connectivity index (χ0) is 16.8. The number of rotatable bonds is 11. The predicted octanol–water partition coefficient (Wildman–Crippen LogP) is 4.82. The Morgan fingerprint density at radius 3 is 2.45 bits per heavy atom. The number of hydrogen-bond donors (Lipinski definition) is 0. The molecule has 0 spiro atoms. The first kappa shape index (κ1) is 20.1. The number of carbonyl (C=O) groups excluding carboxylic acids is 1. The lowest BCUT2D eigenvalue weighted by molar-refractivity contribution is -0.140. The smallest absolute Gasteiger partial charge is 0.302 e. The highest BCUT2D eigenvalue weighted by Gasteiger charge is 1.92. The topological polar surface area (TPSA) is 38.7 Å². The summed E-state index contributed by atoms with van der Waals surface area (Å²) in [4.78, 5) is 14.8. The van der Waals surface area contributed by atoms with Gasteiger partial charge in [0, 0.05) is 13.1 Å². The van der Waals surface area contributed by atoms with Gasteiger partial charge in [-0.1, -0.05) is 42.5 Å². The van der Waals surface area contributed by atoms with Crippen LogP contribution in [-0.2, 0) is 9.53 Å². The standard InChI is InChI=1S/C19H29NO2/c1-6-16(2)9-7-10-17(3)11-8-12-18(4)15-20-13-14-22-19(5)21/h6,10,12,15H,1-2,7-9,11,13-14H2,3-5H3/b17-10+,18-12+,20-15?. The maximum Gasteiger partial charge on any atom is 0.302 e. The minimum atomic E-state index is -0.263. The molecule has 3 nitrogen and oxygen atoms in total. The minimum absolute atomic E-state index is 0.263. The molecule has 0 fully saturated rings. The third-order valence-corrected chi connectivity index (χ3v) is 3.07. The molecule has 0 saturated carbocycles. The molecule has 0 rings (SSSR count). The molecule has 0 aromatic heterocycles. The average Bonchev–Trinajstić information content (AvgIpc) is 2.46. The SMILES string of the molecule is C=CC(=C)CC/C=C(\C)CC/C=C(\C)C=NCCOC(C)=O. The Bertz CT molecular complexity index is 456. The van der Waals surface area contributed by atoms with Gasteiger partial charge >= 0.3 is 5.97 Å². The number of hydrogen-bond acceptors (Lipinski definition) is 3. The molecule has 0 heterocycles. The molecule has 0 N–H and O–H groups in total. The van der Waals surface area contributed by atoms with E-state index >= 15 is 0 Å². The summed E-state index contributed by atoms with van der Waals surface area (Å²) in [5.41, 5.74) is 3.62. The molecule has 0 radical (unpaired) electrons. The molecule has 0 amide bonds. The highest BCUT2D eigenvalue weighted by Crippen LogP contribution is 2.10. The Kier molecular flexibility index (Phi) is 11.7. The monoisotopic (exact) mass is 303 g/mol. The zero-order valence-corrected chi connectivity index (χ0v) is 14.2. The van der Waals surface area contributed by atoms with Gasteiger partial charge in [-0.15, -0.1) is 0 Å². The van der Waals surface area contributed by atoms with E-state index in [1.54, 1.807) is 0 Å². The summed E-state index contributed by atoms with van der Waals surface area (Å²) in [6.45, 7) is 14.1. The van der Waals surface area contributed by atoms with Gasteiger partial charge in [-0.3, -0.25) is 9.79 Å². The number of ether oxygens (including phenoxy) is 1. The number of aliphatic imine (C=N–C) groups is 1. The number of nitrogens with zero attached hydrogens (tertiary/aromatic N) is 1. The summed E-state index contributed by atoms with van der Waals surface area (Å²) >= 11 is 0.